The van der Waals surface area contributed by atoms with Gasteiger partial charge in [-0.3, -0.25) is 0 Å². The molecular weight excluding hydrogens is 191 g/mol. The maximum atomic E-state index is 1.44. The van der Waals surface area contributed by atoms with Crippen LogP contribution in [0.2, 0.25) is 0 Å². The first kappa shape index (κ1) is 17.3. The average molecular weight is 200 g/mol. The van der Waals surface area contributed by atoms with E-state index >= 15 is 0 Å². The molecule has 0 bridgehead atoms. The Morgan fingerprint density at radius 2 is 1.00 bits per heavy atom. The van der Waals surface area contributed by atoms with Crippen molar-refractivity contribution >= 4 is 36.9 Å². The molecule has 0 rings (SSSR count). The summed E-state index contributed by atoms with van der Waals surface area (Å²) in [6.45, 7) is 0. The summed E-state index contributed by atoms with van der Waals surface area (Å²) in [5, 5.41) is 0. The summed E-state index contributed by atoms with van der Waals surface area (Å²) in [6.07, 6.45) is 0. The summed E-state index contributed by atoms with van der Waals surface area (Å²) < 4.78 is 0. The Balaban J connectivity index is -0.00000000500. The van der Waals surface area contributed by atoms with Crippen LogP contribution < -0.4 is 0 Å². The molecule has 0 atom stereocenters. The van der Waals surface area contributed by atoms with Crippen molar-refractivity contribution in [2.75, 3.05) is 0 Å². The van der Waals surface area contributed by atoms with Crippen LogP contribution >= 0.6 is 0 Å². The average Bonchev–Trinajstić information content (AvgIpc) is 1.00. The first-order valence-electron chi connectivity index (χ1n) is 1.00. The van der Waals surface area contributed by atoms with E-state index in [1.807, 2.05) is 0 Å². The monoisotopic (exact) mass is 199 g/mol. The second-order valence-electron chi connectivity index (χ2n) is 0. The summed E-state index contributed by atoms with van der Waals surface area (Å²) in [4.78, 5) is 0. The van der Waals surface area contributed by atoms with Gasteiger partial charge in [0, 0.05) is 22.4 Å². The van der Waals surface area contributed by atoms with E-state index in [4.69, 9.17) is 0 Å². The van der Waals surface area contributed by atoms with Crippen molar-refractivity contribution in [3.63, 3.8) is 0 Å². The second-order valence-corrected chi connectivity index (χ2v) is 0. The van der Waals surface area contributed by atoms with Crippen molar-refractivity contribution in [2.24, 2.45) is 0 Å². The summed E-state index contributed by atoms with van der Waals surface area (Å²) in [6, 6.07) is 0. The summed E-state index contributed by atoms with van der Waals surface area (Å²) >= 11 is 0. The summed E-state index contributed by atoms with van der Waals surface area (Å²) in [5.41, 5.74) is 0. The van der Waals surface area contributed by atoms with Crippen LogP contribution in [0, 0.1) is 0 Å². The molecule has 0 spiro atoms. The van der Waals surface area contributed by atoms with Gasteiger partial charge in [0.15, 0.2) is 17.4 Å². The van der Waals surface area contributed by atoms with Crippen LogP contribution in [0.25, 0.3) is 0 Å². The fraction of sp³-hybridized carbons (Fsp3) is 0. The predicted octanol–water partition coefficient (Wildman–Crippen LogP) is -3.55. The Bertz CT molecular complexity index is 6.00. The molecule has 0 aromatic rings. The molecule has 0 aliphatic heterocycles. The van der Waals surface area contributed by atoms with Gasteiger partial charge in [0.25, 0.3) is 0 Å². The van der Waals surface area contributed by atoms with Crippen molar-refractivity contribution in [3.8, 4) is 0 Å². The van der Waals surface area contributed by atoms with E-state index in [0.29, 0.717) is 0 Å². The van der Waals surface area contributed by atoms with E-state index in [-0.39, 0.29) is 39.7 Å². The summed E-state index contributed by atoms with van der Waals surface area (Å²) in [5.74, 6) is 0. The van der Waals surface area contributed by atoms with Crippen LogP contribution in [-0.4, -0.2) is 36.9 Å². The summed E-state index contributed by atoms with van der Waals surface area (Å²) in [7, 11) is 2.89. The van der Waals surface area contributed by atoms with E-state index in [2.05, 4.69) is 0 Å². The number of hydrogen-bond acceptors (Lipinski definition) is 0. The van der Waals surface area contributed by atoms with Gasteiger partial charge in [-0.25, -0.2) is 0 Å². The number of hydrogen-bond donors (Lipinski definition) is 0. The molecule has 0 aliphatic rings. The van der Waals surface area contributed by atoms with E-state index in [1.54, 1.807) is 0 Å². The van der Waals surface area contributed by atoms with Crippen LogP contribution in [0.4, 0.5) is 0 Å². The molecule has 0 heterocycles. The van der Waals surface area contributed by atoms with Crippen molar-refractivity contribution in [3.05, 3.63) is 0 Å². The normalized spacial score (nSPS) is 3.00. The van der Waals surface area contributed by atoms with Crippen molar-refractivity contribution < 1.29 is 22.4 Å². The van der Waals surface area contributed by atoms with E-state index in [9.17, 15) is 0 Å². The van der Waals surface area contributed by atoms with Gasteiger partial charge in [-0.05, 0) is 19.5 Å². The predicted molar refractivity (Wildman–Crippen MR) is 29.8 cm³/mol. The van der Waals surface area contributed by atoms with Gasteiger partial charge in [-0.15, -0.1) is 0 Å². The molecule has 0 aliphatic carbocycles. The zero-order valence-corrected chi connectivity index (χ0v) is 7.78. The standard InChI is InChI=1S/Ag.Al.H6Si2.3H/c;;1-2;;;/h;;1-2H3;;;. The van der Waals surface area contributed by atoms with Crippen molar-refractivity contribution in [1.82, 2.24) is 0 Å². The molecule has 0 nitrogen and oxygen atoms in total. The van der Waals surface area contributed by atoms with Gasteiger partial charge in [-0.2, -0.15) is 0 Å². The third kappa shape index (κ3) is 9.32. The maximum Gasteiger partial charge on any atom is 0.187 e. The topological polar surface area (TPSA) is 0 Å². The van der Waals surface area contributed by atoms with Crippen LogP contribution in [0.5, 0.6) is 0 Å². The fourth-order valence-electron chi connectivity index (χ4n) is 0. The van der Waals surface area contributed by atoms with Gasteiger partial charge in [0.1, 0.15) is 0 Å². The molecule has 0 aromatic heterocycles. The number of rotatable bonds is 0. The largest absolute Gasteiger partial charge is 0.187 e. The van der Waals surface area contributed by atoms with Gasteiger partial charge in [0.05, 0.1) is 0 Å². The van der Waals surface area contributed by atoms with Crippen LogP contribution in [0.3, 0.4) is 0 Å². The SMILES string of the molecule is [Ag].[AlH3].[SiH3][SiH3]. The molecular formula is H9AgAlSi2. The quantitative estimate of drug-likeness (QED) is 0.355. The van der Waals surface area contributed by atoms with E-state index in [0.717, 1.165) is 0 Å². The molecule has 4 heavy (non-hydrogen) atoms. The van der Waals surface area contributed by atoms with Crippen LogP contribution in [0.15, 0.2) is 0 Å². The zero-order valence-electron chi connectivity index (χ0n) is 2.30. The Kier molecular flexibility index (Phi) is 95.8. The van der Waals surface area contributed by atoms with E-state index in [1.165, 1.54) is 19.5 Å². The smallest absolute Gasteiger partial charge is 0.0125 e. The third-order valence-corrected chi connectivity index (χ3v) is 0. The Morgan fingerprint density at radius 1 is 1.00 bits per heavy atom. The zero-order chi connectivity index (χ0) is 2.00. The van der Waals surface area contributed by atoms with Crippen molar-refractivity contribution in [1.29, 1.82) is 0 Å². The Labute approximate surface area is 59.0 Å². The van der Waals surface area contributed by atoms with E-state index < -0.39 is 0 Å². The molecule has 0 fully saturated rings. The maximum absolute atomic E-state index is 1.44. The van der Waals surface area contributed by atoms with Crippen LogP contribution in [0.1, 0.15) is 0 Å². The van der Waals surface area contributed by atoms with Gasteiger partial charge in [-0.1, -0.05) is 0 Å². The first-order chi connectivity index (χ1) is 1.00. The molecule has 0 aromatic carbocycles. The molecule has 0 unspecified atom stereocenters. The Morgan fingerprint density at radius 3 is 1.00 bits per heavy atom. The minimum Gasteiger partial charge on any atom is -0.0125 e. The van der Waals surface area contributed by atoms with Gasteiger partial charge in [0.2, 0.25) is 0 Å². The first-order valence-corrected chi connectivity index (χ1v) is 9.00. The van der Waals surface area contributed by atoms with Gasteiger partial charge >= 0.3 is 0 Å². The molecule has 0 saturated carbocycles. The second kappa shape index (κ2) is 22.2. The third-order valence-electron chi connectivity index (χ3n) is 0. The van der Waals surface area contributed by atoms with Gasteiger partial charge < -0.3 is 0 Å². The van der Waals surface area contributed by atoms with Crippen molar-refractivity contribution in [2.45, 2.75) is 0 Å². The molecule has 0 N–H and O–H groups in total. The van der Waals surface area contributed by atoms with Crippen LogP contribution in [-0.2, 0) is 22.4 Å². The molecule has 0 saturated heterocycles. The molecule has 31 valence electrons. The minimum atomic E-state index is 0. The molecule has 0 amide bonds. The molecule has 1 radical (unpaired) electrons. The Hall–Kier alpha value is 1.71. The fourth-order valence-corrected chi connectivity index (χ4v) is 0. The minimum absolute atomic E-state index is 0. The molecule has 4 heteroatoms.